The molecule has 0 aromatic heterocycles. The predicted octanol–water partition coefficient (Wildman–Crippen LogP) is 8.83. The van der Waals surface area contributed by atoms with E-state index in [1.54, 1.807) is 13.8 Å². The van der Waals surface area contributed by atoms with Gasteiger partial charge in [0.15, 0.2) is 18.4 Å². The molecule has 8 rings (SSSR count). The Morgan fingerprint density at radius 2 is 1.20 bits per heavy atom. The van der Waals surface area contributed by atoms with Gasteiger partial charge in [0.1, 0.15) is 30.5 Å². The van der Waals surface area contributed by atoms with Crippen LogP contribution in [-0.4, -0.2) is 249 Å². The van der Waals surface area contributed by atoms with Crippen LogP contribution in [0.1, 0.15) is 254 Å². The number of allylic oxidation sites excluding steroid dienone is 1. The number of rotatable bonds is 49. The zero-order chi connectivity index (χ0) is 83.8. The first-order valence-corrected chi connectivity index (χ1v) is 47.5. The number of unbranched alkanes of at least 4 members (excludes halogenated alkanes) is 8. The van der Waals surface area contributed by atoms with Gasteiger partial charge in [0.2, 0.25) is 23.6 Å². The summed E-state index contributed by atoms with van der Waals surface area (Å²) >= 11 is 5.07. The van der Waals surface area contributed by atoms with Crippen molar-refractivity contribution in [2.45, 2.75) is 340 Å². The van der Waals surface area contributed by atoms with Crippen molar-refractivity contribution in [1.82, 2.24) is 25.8 Å². The van der Waals surface area contributed by atoms with E-state index < -0.39 is 132 Å². The maximum Gasteiger partial charge on any atom is 0.472 e. The Balaban J connectivity index is 0.717. The number of ketones is 1. The molecule has 30 nitrogen and oxygen atoms in total. The summed E-state index contributed by atoms with van der Waals surface area (Å²) in [6, 6.07) is -2.28. The number of Topliss-reactive ketones (excluding diaryl/α,β-unsaturated/α-hetero) is 1. The predicted molar refractivity (Wildman–Crippen MR) is 431 cm³/mol. The van der Waals surface area contributed by atoms with Gasteiger partial charge < -0.3 is 104 Å². The van der Waals surface area contributed by atoms with Crippen molar-refractivity contribution in [2.75, 3.05) is 72.9 Å². The molecule has 5 amide bonds. The summed E-state index contributed by atoms with van der Waals surface area (Å²) in [6.07, 6.45) is 12.3. The number of carbonyl (C=O) groups excluding carboxylic acids is 6. The number of hydrogen-bond acceptors (Lipinski definition) is 24. The Labute approximate surface area is 687 Å². The molecule has 0 spiro atoms. The first-order chi connectivity index (χ1) is 54.7. The molecule has 16 unspecified atom stereocenters. The first kappa shape index (κ1) is 97.2. The lowest BCUT2D eigenvalue weighted by molar-refractivity contribution is -0.282. The van der Waals surface area contributed by atoms with E-state index in [-0.39, 0.29) is 119 Å². The summed E-state index contributed by atoms with van der Waals surface area (Å²) in [4.78, 5) is 105. The van der Waals surface area contributed by atoms with E-state index in [1.165, 1.54) is 67.4 Å². The normalized spacial score (nSPS) is 33.6. The van der Waals surface area contributed by atoms with Crippen LogP contribution in [0.4, 0.5) is 4.79 Å². The second-order valence-electron chi connectivity index (χ2n) is 35.4. The van der Waals surface area contributed by atoms with Gasteiger partial charge in [-0.1, -0.05) is 98.6 Å². The summed E-state index contributed by atoms with van der Waals surface area (Å²) in [5.74, 6) is 2.16. The molecule has 0 bridgehead atoms. The Morgan fingerprint density at radius 3 is 1.83 bits per heavy atom. The van der Waals surface area contributed by atoms with Crippen LogP contribution in [0.3, 0.4) is 0 Å². The number of aliphatic hydroxyl groups excluding tert-OH is 7. The number of aliphatic hydroxyl groups is 7. The second kappa shape index (κ2) is 46.9. The highest BCUT2D eigenvalue weighted by Crippen LogP contribution is 2.67. The number of ether oxygens (including phenoxy) is 5. The van der Waals surface area contributed by atoms with Crippen molar-refractivity contribution in [3.63, 3.8) is 0 Å². The topological polar surface area (TPSA) is 427 Å². The molecule has 4 aliphatic heterocycles. The molecule has 0 aromatic carbocycles. The lowest BCUT2D eigenvalue weighted by atomic mass is 9.47. The summed E-state index contributed by atoms with van der Waals surface area (Å²) in [7, 11) is -3.64. The standard InChI is InChI=1S/C82H143N5O25P2S/c1-52(2)23-22-24-53(3)63-33-34-64-62-32-31-56-43-60(35-37-81(56,6)65(62)36-38-82(63,64)7)109-80(100)84-40-18-11-14-30-73(95)87-47-61(45-58(87)51-108-114(103,115)104-8)112-113(101,102)107-50-57-44-59(90)46-86(57)72(94)29-13-10-9-12-26-67(91)66(85-71(93)28-17-21-42-106-79-55(5)75(97)77(99)69(49-89)111-79)25-15-19-39-83-70(92)27-16-20-41-105-78-54(4)74(96)76(98)68(48-88)110-78/h31,52-55,57-66,68-69,74-79,88-90,96-99H,9-30,32-51H2,1-8H3,(H,83,92)(H,84,100)(H,85,93)(H,101,102)(H,103,115)/t53-,54?,55?,57?,58+,59-,60+,61-,62?,63-,64?,65?,66+,68?,69?,74?,75?,76?,77?,78?,79?,81+,82-,114?/m1/s1. The van der Waals surface area contributed by atoms with Crippen LogP contribution in [0.25, 0.3) is 0 Å². The zero-order valence-corrected chi connectivity index (χ0v) is 72.3. The Hall–Kier alpha value is -3.24. The van der Waals surface area contributed by atoms with Crippen LogP contribution >= 0.6 is 14.5 Å². The lowest BCUT2D eigenvalue weighted by Crippen LogP contribution is -2.55. The van der Waals surface area contributed by atoms with Crippen LogP contribution in [-0.2, 0) is 82.1 Å². The molecule has 3 saturated carbocycles. The maximum absolute atomic E-state index is 13.9. The number of alkyl carbamates (subject to hydrolysis) is 1. The smallest absolute Gasteiger partial charge is 0.446 e. The molecular formula is C82H143N5O25P2S. The van der Waals surface area contributed by atoms with E-state index >= 15 is 0 Å². The van der Waals surface area contributed by atoms with Crippen LogP contribution < -0.4 is 16.0 Å². The van der Waals surface area contributed by atoms with Crippen LogP contribution in [0.15, 0.2) is 11.6 Å². The molecule has 0 radical (unpaired) electrons. The quantitative estimate of drug-likeness (QED) is 0.0154. The zero-order valence-electron chi connectivity index (χ0n) is 69.7. The molecule has 4 saturated heterocycles. The van der Waals surface area contributed by atoms with E-state index in [2.05, 4.69) is 56.6 Å². The first-order valence-electron chi connectivity index (χ1n) is 43.4. The van der Waals surface area contributed by atoms with Crippen molar-refractivity contribution < 1.29 is 121 Å². The third-order valence-electron chi connectivity index (χ3n) is 26.7. The third-order valence-corrected chi connectivity index (χ3v) is 29.5. The molecule has 12 N–H and O–H groups in total. The van der Waals surface area contributed by atoms with Crippen molar-refractivity contribution >= 4 is 61.9 Å². The highest BCUT2D eigenvalue weighted by Gasteiger charge is 2.60. The molecule has 33 heteroatoms. The largest absolute Gasteiger partial charge is 0.472 e. The number of fused-ring (bicyclic) bond motifs is 5. The SMILES string of the molecule is COP(O)(=S)OC[C@@H]1C[C@@H](OP(=O)(O)OCC2C[C@@H](O)CN2C(=O)CCCCCCC(=O)[C@H](CCCCNC(=O)CCCCOC2OC(CO)C(O)C(O)C2C)NC(=O)CCCCOC2OC(CO)C(O)C(O)C2C)CN1C(=O)CCCCCNC(=O)O[C@H]1CC[C@@]2(C)C(=CCC3C2CC[C@@]2(C)C3CC[C@@H]2[C@H](C)CCCC(C)C)C1. The highest BCUT2D eigenvalue weighted by molar-refractivity contribution is 8.07. The maximum atomic E-state index is 13.9. The minimum atomic E-state index is -4.85. The number of nitrogens with zero attached hydrogens (tertiary/aromatic N) is 2. The molecule has 25 atom stereocenters. The Kier molecular flexibility index (Phi) is 39.6. The van der Waals surface area contributed by atoms with Crippen LogP contribution in [0, 0.1) is 58.2 Å². The van der Waals surface area contributed by atoms with Gasteiger partial charge in [0, 0.05) is 96.9 Å². The molecule has 0 aromatic rings. The fraction of sp³-hybridized carbons (Fsp3) is 0.902. The van der Waals surface area contributed by atoms with Gasteiger partial charge in [-0.15, -0.1) is 0 Å². The van der Waals surface area contributed by atoms with Crippen LogP contribution in [0.5, 0.6) is 0 Å². The number of carbonyl (C=O) groups is 6. The highest BCUT2D eigenvalue weighted by atomic mass is 32.5. The average Bonchev–Trinajstić information content (AvgIpc) is 1.68. The fourth-order valence-corrected chi connectivity index (χ4v) is 21.5. The molecule has 4 heterocycles. The van der Waals surface area contributed by atoms with E-state index in [0.29, 0.717) is 114 Å². The second-order valence-corrected chi connectivity index (χ2v) is 39.7. The van der Waals surface area contributed by atoms with E-state index in [9.17, 15) is 78.9 Å². The molecular weight excluding hydrogens is 1550 g/mol. The summed E-state index contributed by atoms with van der Waals surface area (Å²) in [6.45, 7) is 11.3. The van der Waals surface area contributed by atoms with E-state index in [0.717, 1.165) is 55.3 Å². The van der Waals surface area contributed by atoms with Crippen molar-refractivity contribution in [3.05, 3.63) is 11.6 Å². The van der Waals surface area contributed by atoms with Gasteiger partial charge in [0.25, 0.3) is 0 Å². The average molecular weight is 1690 g/mol. The number of nitrogens with one attached hydrogen (secondary N) is 3. The number of amides is 5. The van der Waals surface area contributed by atoms with E-state index in [4.69, 9.17) is 53.6 Å². The molecule has 662 valence electrons. The number of phosphoric acid groups is 1. The monoisotopic (exact) mass is 1690 g/mol. The summed E-state index contributed by atoms with van der Waals surface area (Å²) in [5, 5.41) is 79.6. The number of β-amino-alcohol motifs (C(OH)–C–C–N with tert-alkyl or cyclic N) is 1. The van der Waals surface area contributed by atoms with Gasteiger partial charge in [-0.2, -0.15) is 0 Å². The minimum absolute atomic E-state index is 0.0214. The van der Waals surface area contributed by atoms with Gasteiger partial charge >= 0.3 is 20.6 Å². The van der Waals surface area contributed by atoms with Crippen molar-refractivity contribution in [1.29, 1.82) is 0 Å². The Bertz CT molecular complexity index is 3180. The number of phosphoric ester groups is 1. The molecule has 4 aliphatic carbocycles. The number of hydrogen-bond donors (Lipinski definition) is 12. The summed E-state index contributed by atoms with van der Waals surface area (Å²) < 4.78 is 64.2. The van der Waals surface area contributed by atoms with Crippen molar-refractivity contribution in [3.8, 4) is 0 Å². The summed E-state index contributed by atoms with van der Waals surface area (Å²) in [5.41, 5.74) is 2.04. The van der Waals surface area contributed by atoms with Crippen molar-refractivity contribution in [2.24, 2.45) is 58.2 Å². The lowest BCUT2D eigenvalue weighted by Gasteiger charge is -2.58. The Morgan fingerprint density at radius 1 is 0.626 bits per heavy atom. The van der Waals surface area contributed by atoms with Gasteiger partial charge in [0.05, 0.1) is 69.0 Å². The van der Waals surface area contributed by atoms with E-state index in [1.807, 2.05) is 0 Å². The van der Waals surface area contributed by atoms with Gasteiger partial charge in [-0.05, 0) is 187 Å². The number of likely N-dealkylation sites (tertiary alicyclic amines) is 2. The van der Waals surface area contributed by atoms with Gasteiger partial charge in [-0.3, -0.25) is 33.0 Å². The fourth-order valence-electron chi connectivity index (χ4n) is 19.9. The molecule has 8 aliphatic rings. The van der Waals surface area contributed by atoms with Crippen LogP contribution in [0.2, 0.25) is 0 Å². The third kappa shape index (κ3) is 28.4. The molecule has 115 heavy (non-hydrogen) atoms. The van der Waals surface area contributed by atoms with Gasteiger partial charge in [-0.25, -0.2) is 9.36 Å². The molecule has 7 fully saturated rings. The minimum Gasteiger partial charge on any atom is -0.446 e.